The Balaban J connectivity index is 1.29. The van der Waals surface area contributed by atoms with E-state index in [1.807, 2.05) is 66.7 Å². The second kappa shape index (κ2) is 11.5. The quantitative estimate of drug-likeness (QED) is 0.322. The van der Waals surface area contributed by atoms with Crippen molar-refractivity contribution in [2.75, 3.05) is 28.5 Å². The molecule has 0 aliphatic carbocycles. The van der Waals surface area contributed by atoms with Crippen molar-refractivity contribution in [2.24, 2.45) is 5.10 Å². The lowest BCUT2D eigenvalue weighted by Gasteiger charge is -2.13. The van der Waals surface area contributed by atoms with Crippen molar-refractivity contribution in [3.63, 3.8) is 0 Å². The Bertz CT molecular complexity index is 1270. The van der Waals surface area contributed by atoms with Crippen LogP contribution in [0.15, 0.2) is 88.9 Å². The Kier molecular flexibility index (Phi) is 7.96. The molecular formula is C25H23N5O3S2. The smallest absolute Gasteiger partial charge is 0.255 e. The topological polar surface area (TPSA) is 95.1 Å². The van der Waals surface area contributed by atoms with Gasteiger partial charge >= 0.3 is 0 Å². The fourth-order valence-electron chi connectivity index (χ4n) is 3.31. The largest absolute Gasteiger partial charge is 0.495 e. The number of thiocarbonyl (C=S) groups is 1. The van der Waals surface area contributed by atoms with E-state index < -0.39 is 0 Å². The molecule has 8 nitrogen and oxygen atoms in total. The van der Waals surface area contributed by atoms with Gasteiger partial charge < -0.3 is 20.7 Å². The second-order valence-electron chi connectivity index (χ2n) is 7.41. The van der Waals surface area contributed by atoms with Crippen LogP contribution in [0.1, 0.15) is 6.42 Å². The molecule has 1 aliphatic heterocycles. The lowest BCUT2D eigenvalue weighted by Crippen LogP contribution is -2.31. The molecule has 4 rings (SSSR count). The zero-order valence-electron chi connectivity index (χ0n) is 18.9. The number of hydrazone groups is 1. The first-order valence-electron chi connectivity index (χ1n) is 10.7. The Morgan fingerprint density at radius 2 is 1.80 bits per heavy atom. The SMILES string of the molecule is COc1ccccc1NC(=S)Nc1cccc(SCC(=O)NC2=NN(c3ccccc3)C(=O)C2)c1. The van der Waals surface area contributed by atoms with Crippen LogP contribution in [-0.2, 0) is 9.59 Å². The van der Waals surface area contributed by atoms with Crippen LogP contribution in [0, 0.1) is 0 Å². The summed E-state index contributed by atoms with van der Waals surface area (Å²) < 4.78 is 5.33. The predicted octanol–water partition coefficient (Wildman–Crippen LogP) is 4.46. The molecule has 35 heavy (non-hydrogen) atoms. The van der Waals surface area contributed by atoms with Crippen LogP contribution in [0.4, 0.5) is 17.1 Å². The number of nitrogens with one attached hydrogen (secondary N) is 3. The van der Waals surface area contributed by atoms with Crippen LogP contribution in [0.2, 0.25) is 0 Å². The van der Waals surface area contributed by atoms with Gasteiger partial charge in [-0.2, -0.15) is 10.1 Å². The summed E-state index contributed by atoms with van der Waals surface area (Å²) in [4.78, 5) is 25.6. The van der Waals surface area contributed by atoms with Crippen LogP contribution >= 0.6 is 24.0 Å². The van der Waals surface area contributed by atoms with Gasteiger partial charge in [0.15, 0.2) is 5.11 Å². The van der Waals surface area contributed by atoms with E-state index in [0.29, 0.717) is 22.4 Å². The number of amidine groups is 1. The highest BCUT2D eigenvalue weighted by Gasteiger charge is 2.26. The first-order valence-corrected chi connectivity index (χ1v) is 12.1. The normalized spacial score (nSPS) is 12.7. The van der Waals surface area contributed by atoms with Gasteiger partial charge in [0.1, 0.15) is 11.6 Å². The Morgan fingerprint density at radius 1 is 1.03 bits per heavy atom. The molecule has 10 heteroatoms. The summed E-state index contributed by atoms with van der Waals surface area (Å²) >= 11 is 6.79. The lowest BCUT2D eigenvalue weighted by molar-refractivity contribution is -0.117. The van der Waals surface area contributed by atoms with Crippen LogP contribution < -0.4 is 25.7 Å². The van der Waals surface area contributed by atoms with Crippen molar-refractivity contribution in [3.05, 3.63) is 78.9 Å². The number of carbonyl (C=O) groups excluding carboxylic acids is 2. The standard InChI is InChI=1S/C25H23N5O3S2/c1-33-21-13-6-5-12-20(21)27-25(34)26-17-8-7-11-19(14-17)35-16-23(31)28-22-15-24(32)30(29-22)18-9-3-2-4-10-18/h2-14H,15-16H2,1H3,(H2,26,27,34)(H,28,29,31). The average Bonchev–Trinajstić information content (AvgIpc) is 3.23. The van der Waals surface area contributed by atoms with Crippen LogP contribution in [0.5, 0.6) is 5.75 Å². The third-order valence-corrected chi connectivity index (χ3v) is 6.08. The molecule has 3 N–H and O–H groups in total. The average molecular weight is 506 g/mol. The van der Waals surface area contributed by atoms with Gasteiger partial charge in [0.05, 0.1) is 30.7 Å². The zero-order chi connectivity index (χ0) is 24.6. The summed E-state index contributed by atoms with van der Waals surface area (Å²) in [6, 6.07) is 24.2. The number of hydrogen-bond acceptors (Lipinski definition) is 6. The van der Waals surface area contributed by atoms with Gasteiger partial charge in [0, 0.05) is 10.6 Å². The van der Waals surface area contributed by atoms with Crippen molar-refractivity contribution in [1.82, 2.24) is 5.32 Å². The predicted molar refractivity (Wildman–Crippen MR) is 144 cm³/mol. The van der Waals surface area contributed by atoms with E-state index in [2.05, 4.69) is 21.1 Å². The second-order valence-corrected chi connectivity index (χ2v) is 8.87. The van der Waals surface area contributed by atoms with Gasteiger partial charge in [0.2, 0.25) is 5.91 Å². The molecule has 0 saturated heterocycles. The minimum absolute atomic E-state index is 0.0569. The number of amides is 2. The molecule has 0 spiro atoms. The third kappa shape index (κ3) is 6.58. The van der Waals surface area contributed by atoms with E-state index in [-0.39, 0.29) is 24.0 Å². The first-order chi connectivity index (χ1) is 17.0. The number of carbonyl (C=O) groups is 2. The summed E-state index contributed by atoms with van der Waals surface area (Å²) in [6.07, 6.45) is 0.0569. The number of nitrogens with zero attached hydrogens (tertiary/aromatic N) is 2. The summed E-state index contributed by atoms with van der Waals surface area (Å²) in [5.74, 6) is 0.783. The summed E-state index contributed by atoms with van der Waals surface area (Å²) in [6.45, 7) is 0. The van der Waals surface area contributed by atoms with Gasteiger partial charge in [-0.15, -0.1) is 11.8 Å². The number of ether oxygens (including phenoxy) is 1. The summed E-state index contributed by atoms with van der Waals surface area (Å²) in [5, 5.41) is 15.0. The summed E-state index contributed by atoms with van der Waals surface area (Å²) in [5.41, 5.74) is 2.21. The van der Waals surface area contributed by atoms with Crippen molar-refractivity contribution in [2.45, 2.75) is 11.3 Å². The van der Waals surface area contributed by atoms with Gasteiger partial charge in [-0.3, -0.25) is 9.59 Å². The van der Waals surface area contributed by atoms with E-state index in [1.54, 1.807) is 19.2 Å². The Labute approximate surface area is 212 Å². The molecule has 2 amide bonds. The van der Waals surface area contributed by atoms with Crippen LogP contribution in [0.25, 0.3) is 0 Å². The van der Waals surface area contributed by atoms with Gasteiger partial charge in [-0.1, -0.05) is 36.4 Å². The zero-order valence-corrected chi connectivity index (χ0v) is 20.5. The number of thioether (sulfide) groups is 1. The van der Waals surface area contributed by atoms with Crippen LogP contribution in [0.3, 0.4) is 0 Å². The molecule has 3 aromatic rings. The molecule has 0 saturated carbocycles. The third-order valence-electron chi connectivity index (χ3n) is 4.88. The molecule has 0 radical (unpaired) electrons. The number of benzene rings is 3. The molecule has 0 bridgehead atoms. The highest BCUT2D eigenvalue weighted by molar-refractivity contribution is 8.00. The lowest BCUT2D eigenvalue weighted by atomic mass is 10.3. The van der Waals surface area contributed by atoms with E-state index >= 15 is 0 Å². The minimum atomic E-state index is -0.233. The fourth-order valence-corrected chi connectivity index (χ4v) is 4.30. The molecule has 0 unspecified atom stereocenters. The van der Waals surface area contributed by atoms with E-state index in [0.717, 1.165) is 16.3 Å². The van der Waals surface area contributed by atoms with E-state index in [1.165, 1.54) is 16.8 Å². The van der Waals surface area contributed by atoms with Crippen molar-refractivity contribution < 1.29 is 14.3 Å². The van der Waals surface area contributed by atoms with E-state index in [4.69, 9.17) is 17.0 Å². The van der Waals surface area contributed by atoms with Gasteiger partial charge in [0.25, 0.3) is 5.91 Å². The highest BCUT2D eigenvalue weighted by atomic mass is 32.2. The van der Waals surface area contributed by atoms with Crippen molar-refractivity contribution >= 4 is 63.8 Å². The molecular weight excluding hydrogens is 482 g/mol. The number of hydrogen-bond donors (Lipinski definition) is 3. The van der Waals surface area contributed by atoms with Gasteiger partial charge in [-0.05, 0) is 54.7 Å². The maximum Gasteiger partial charge on any atom is 0.255 e. The maximum atomic E-state index is 12.4. The number of rotatable bonds is 7. The monoisotopic (exact) mass is 505 g/mol. The van der Waals surface area contributed by atoms with E-state index in [9.17, 15) is 9.59 Å². The maximum absolute atomic E-state index is 12.4. The molecule has 0 aromatic heterocycles. The number of para-hydroxylation sites is 3. The molecule has 1 aliphatic rings. The number of methoxy groups -OCH3 is 1. The van der Waals surface area contributed by atoms with Crippen molar-refractivity contribution in [1.29, 1.82) is 0 Å². The molecule has 1 heterocycles. The Morgan fingerprint density at radius 3 is 2.60 bits per heavy atom. The minimum Gasteiger partial charge on any atom is -0.495 e. The molecule has 3 aromatic carbocycles. The van der Waals surface area contributed by atoms with Gasteiger partial charge in [-0.25, -0.2) is 0 Å². The fraction of sp³-hybridized carbons (Fsp3) is 0.120. The Hall–Kier alpha value is -3.89. The molecule has 0 atom stereocenters. The van der Waals surface area contributed by atoms with Crippen LogP contribution in [-0.4, -0.2) is 35.6 Å². The first kappa shape index (κ1) is 24.2. The van der Waals surface area contributed by atoms with Crippen molar-refractivity contribution in [3.8, 4) is 5.75 Å². The number of anilines is 3. The summed E-state index contributed by atoms with van der Waals surface area (Å²) in [7, 11) is 1.60. The molecule has 178 valence electrons. The molecule has 0 fully saturated rings. The highest BCUT2D eigenvalue weighted by Crippen LogP contribution is 2.25.